The summed E-state index contributed by atoms with van der Waals surface area (Å²) in [5.74, 6) is 0. The molecular formula is C18H25N3O3. The molecule has 1 aromatic rings. The highest BCUT2D eigenvalue weighted by Gasteiger charge is 2.22. The van der Waals surface area contributed by atoms with Crippen molar-refractivity contribution >= 4 is 17.8 Å². The average molecular weight is 331 g/mol. The van der Waals surface area contributed by atoms with Crippen LogP contribution in [0.3, 0.4) is 0 Å². The van der Waals surface area contributed by atoms with Gasteiger partial charge in [0.15, 0.2) is 0 Å². The van der Waals surface area contributed by atoms with E-state index in [4.69, 9.17) is 4.74 Å². The fraction of sp³-hybridized carbons (Fsp3) is 0.556. The summed E-state index contributed by atoms with van der Waals surface area (Å²) in [7, 11) is 0. The van der Waals surface area contributed by atoms with Crippen molar-refractivity contribution in [3.8, 4) is 0 Å². The predicted molar refractivity (Wildman–Crippen MR) is 91.9 cm³/mol. The van der Waals surface area contributed by atoms with Crippen molar-refractivity contribution in [2.75, 3.05) is 31.6 Å². The number of carbonyl (C=O) groups excluding carboxylic acids is 2. The first-order chi connectivity index (χ1) is 11.7. The molecule has 1 N–H and O–H groups in total. The third kappa shape index (κ3) is 4.40. The molecule has 0 bridgehead atoms. The molecule has 0 atom stereocenters. The zero-order chi connectivity index (χ0) is 16.8. The van der Waals surface area contributed by atoms with Gasteiger partial charge < -0.3 is 19.9 Å². The predicted octanol–water partition coefficient (Wildman–Crippen LogP) is 3.44. The molecule has 2 aliphatic heterocycles. The summed E-state index contributed by atoms with van der Waals surface area (Å²) >= 11 is 0. The minimum absolute atomic E-state index is 0.0327. The van der Waals surface area contributed by atoms with Crippen LogP contribution in [-0.2, 0) is 11.3 Å². The second-order valence-corrected chi connectivity index (χ2v) is 6.42. The summed E-state index contributed by atoms with van der Waals surface area (Å²) in [4.78, 5) is 27.6. The lowest BCUT2D eigenvalue weighted by molar-refractivity contribution is 0.157. The van der Waals surface area contributed by atoms with Crippen LogP contribution in [-0.4, -0.2) is 48.2 Å². The summed E-state index contributed by atoms with van der Waals surface area (Å²) in [6.07, 6.45) is 5.55. The molecule has 130 valence electrons. The van der Waals surface area contributed by atoms with Crippen LogP contribution in [0.15, 0.2) is 24.3 Å². The van der Waals surface area contributed by atoms with Gasteiger partial charge in [0.25, 0.3) is 0 Å². The maximum absolute atomic E-state index is 12.5. The first kappa shape index (κ1) is 16.6. The maximum atomic E-state index is 12.5. The smallest absolute Gasteiger partial charge is 0.410 e. The van der Waals surface area contributed by atoms with E-state index in [0.29, 0.717) is 19.7 Å². The van der Waals surface area contributed by atoms with Crippen LogP contribution in [0.25, 0.3) is 0 Å². The number of nitrogens with zero attached hydrogens (tertiary/aromatic N) is 2. The molecule has 2 aliphatic rings. The minimum Gasteiger partial charge on any atom is -0.448 e. The SMILES string of the molecule is O=C(Nc1cccc(CN2CCOC2=O)c1)N1CCCCCCC1. The van der Waals surface area contributed by atoms with E-state index in [9.17, 15) is 9.59 Å². The van der Waals surface area contributed by atoms with E-state index < -0.39 is 0 Å². The molecule has 2 fully saturated rings. The number of urea groups is 1. The Morgan fingerprint density at radius 3 is 2.54 bits per heavy atom. The topological polar surface area (TPSA) is 61.9 Å². The molecule has 6 nitrogen and oxygen atoms in total. The standard InChI is InChI=1S/C18H25N3O3/c22-17(20-9-4-2-1-3-5-10-20)19-16-8-6-7-15(13-16)14-21-11-12-24-18(21)23/h6-8,13H,1-5,9-12,14H2,(H,19,22). The lowest BCUT2D eigenvalue weighted by atomic mass is 10.1. The number of nitrogens with one attached hydrogen (secondary N) is 1. The number of hydrogen-bond donors (Lipinski definition) is 1. The van der Waals surface area contributed by atoms with Crippen molar-refractivity contribution in [2.45, 2.75) is 38.6 Å². The van der Waals surface area contributed by atoms with Gasteiger partial charge in [-0.3, -0.25) is 0 Å². The number of amides is 3. The van der Waals surface area contributed by atoms with Gasteiger partial charge >= 0.3 is 12.1 Å². The molecule has 0 radical (unpaired) electrons. The average Bonchev–Trinajstić information content (AvgIpc) is 2.92. The van der Waals surface area contributed by atoms with Crippen LogP contribution in [0.4, 0.5) is 15.3 Å². The summed E-state index contributed by atoms with van der Waals surface area (Å²) < 4.78 is 4.94. The van der Waals surface area contributed by atoms with E-state index in [1.54, 1.807) is 4.90 Å². The Bertz CT molecular complexity index is 583. The molecule has 6 heteroatoms. The zero-order valence-electron chi connectivity index (χ0n) is 14.0. The molecule has 0 aliphatic carbocycles. The van der Waals surface area contributed by atoms with Crippen molar-refractivity contribution in [1.82, 2.24) is 9.80 Å². The number of benzene rings is 1. The highest BCUT2D eigenvalue weighted by Crippen LogP contribution is 2.17. The number of carbonyl (C=O) groups is 2. The molecule has 2 saturated heterocycles. The first-order valence-corrected chi connectivity index (χ1v) is 8.79. The Hall–Kier alpha value is -2.24. The molecular weight excluding hydrogens is 306 g/mol. The number of anilines is 1. The van der Waals surface area contributed by atoms with Crippen molar-refractivity contribution in [3.05, 3.63) is 29.8 Å². The van der Waals surface area contributed by atoms with Gasteiger partial charge in [-0.1, -0.05) is 31.4 Å². The maximum Gasteiger partial charge on any atom is 0.410 e. The third-order valence-electron chi connectivity index (χ3n) is 4.54. The Kier molecular flexibility index (Phi) is 5.56. The lowest BCUT2D eigenvalue weighted by Crippen LogP contribution is -2.37. The monoisotopic (exact) mass is 331 g/mol. The molecule has 0 saturated carbocycles. The summed E-state index contributed by atoms with van der Waals surface area (Å²) in [6.45, 7) is 3.22. The molecule has 2 heterocycles. The molecule has 1 aromatic carbocycles. The van der Waals surface area contributed by atoms with E-state index in [-0.39, 0.29) is 12.1 Å². The van der Waals surface area contributed by atoms with Gasteiger partial charge in [0, 0.05) is 25.3 Å². The Morgan fingerprint density at radius 2 is 1.83 bits per heavy atom. The minimum atomic E-state index is -0.273. The fourth-order valence-corrected chi connectivity index (χ4v) is 3.19. The largest absolute Gasteiger partial charge is 0.448 e. The Balaban J connectivity index is 1.58. The Morgan fingerprint density at radius 1 is 1.08 bits per heavy atom. The van der Waals surface area contributed by atoms with E-state index in [0.717, 1.165) is 37.2 Å². The van der Waals surface area contributed by atoms with Gasteiger partial charge in [0.1, 0.15) is 6.61 Å². The summed E-state index contributed by atoms with van der Waals surface area (Å²) in [6, 6.07) is 7.63. The highest BCUT2D eigenvalue weighted by molar-refractivity contribution is 5.89. The number of cyclic esters (lactones) is 1. The third-order valence-corrected chi connectivity index (χ3v) is 4.54. The molecule has 0 spiro atoms. The van der Waals surface area contributed by atoms with Crippen molar-refractivity contribution in [2.24, 2.45) is 0 Å². The molecule has 0 unspecified atom stereocenters. The van der Waals surface area contributed by atoms with Gasteiger partial charge in [-0.05, 0) is 30.5 Å². The van der Waals surface area contributed by atoms with Gasteiger partial charge in [-0.15, -0.1) is 0 Å². The van der Waals surface area contributed by atoms with Crippen LogP contribution in [0.5, 0.6) is 0 Å². The van der Waals surface area contributed by atoms with Crippen molar-refractivity contribution in [3.63, 3.8) is 0 Å². The number of likely N-dealkylation sites (tertiary alicyclic amines) is 1. The zero-order valence-corrected chi connectivity index (χ0v) is 14.0. The summed E-state index contributed by atoms with van der Waals surface area (Å²) in [5.41, 5.74) is 1.76. The van der Waals surface area contributed by atoms with Gasteiger partial charge in [0.05, 0.1) is 6.54 Å². The van der Waals surface area contributed by atoms with Crippen molar-refractivity contribution < 1.29 is 14.3 Å². The summed E-state index contributed by atoms with van der Waals surface area (Å²) in [5, 5.41) is 2.99. The van der Waals surface area contributed by atoms with E-state index in [2.05, 4.69) is 5.32 Å². The highest BCUT2D eigenvalue weighted by atomic mass is 16.6. The molecule has 0 aromatic heterocycles. The fourth-order valence-electron chi connectivity index (χ4n) is 3.19. The van der Waals surface area contributed by atoms with Gasteiger partial charge in [-0.25, -0.2) is 9.59 Å². The number of rotatable bonds is 3. The van der Waals surface area contributed by atoms with Crippen LogP contribution < -0.4 is 5.32 Å². The van der Waals surface area contributed by atoms with E-state index >= 15 is 0 Å². The van der Waals surface area contributed by atoms with Crippen LogP contribution in [0.2, 0.25) is 0 Å². The van der Waals surface area contributed by atoms with E-state index in [1.807, 2.05) is 29.2 Å². The van der Waals surface area contributed by atoms with E-state index in [1.165, 1.54) is 19.3 Å². The number of ether oxygens (including phenoxy) is 1. The molecule has 24 heavy (non-hydrogen) atoms. The van der Waals surface area contributed by atoms with Crippen molar-refractivity contribution in [1.29, 1.82) is 0 Å². The Labute approximate surface area is 142 Å². The number of hydrogen-bond acceptors (Lipinski definition) is 3. The lowest BCUT2D eigenvalue weighted by Gasteiger charge is -2.25. The van der Waals surface area contributed by atoms with Crippen LogP contribution in [0.1, 0.15) is 37.7 Å². The van der Waals surface area contributed by atoms with Crippen LogP contribution in [0, 0.1) is 0 Å². The van der Waals surface area contributed by atoms with Gasteiger partial charge in [-0.2, -0.15) is 0 Å². The second-order valence-electron chi connectivity index (χ2n) is 6.42. The first-order valence-electron chi connectivity index (χ1n) is 8.79. The quantitative estimate of drug-likeness (QED) is 0.923. The second kappa shape index (κ2) is 8.04. The molecule has 3 rings (SSSR count). The van der Waals surface area contributed by atoms with Gasteiger partial charge in [0.2, 0.25) is 0 Å². The van der Waals surface area contributed by atoms with Crippen LogP contribution >= 0.6 is 0 Å². The normalized spacial score (nSPS) is 18.8. The molecule has 3 amide bonds.